The van der Waals surface area contributed by atoms with Gasteiger partial charge in [0.1, 0.15) is 13.2 Å². The minimum Gasteiger partial charge on any atom is -0.461 e. The zero-order valence-electron chi connectivity index (χ0n) is 13.9. The lowest BCUT2D eigenvalue weighted by atomic mass is 9.89. The number of hydrogen-bond acceptors (Lipinski definition) is 6. The Bertz CT molecular complexity index is 667. The molecule has 2 atom stereocenters. The summed E-state index contributed by atoms with van der Waals surface area (Å²) in [4.78, 5) is 49.7. The molecule has 8 heteroatoms. The van der Waals surface area contributed by atoms with E-state index in [2.05, 4.69) is 6.58 Å². The Hall–Kier alpha value is -2.90. The zero-order chi connectivity index (χ0) is 18.4. The Morgan fingerprint density at radius 2 is 2.04 bits per heavy atom. The largest absolute Gasteiger partial charge is 0.461 e. The molecule has 1 fully saturated rings. The fraction of sp³-hybridized carbons (Fsp3) is 0.412. The standard InChI is InChI=1S/C17H20N2O6/c1-3-9-24-16(22)13(11-14(20)18-6-4-5-7-18)12(2)15(21)19-8-10-25-17(19)23/h3-7,12-13H,1,8-11H2,2H3/t12-,13-/m0/s1. The summed E-state index contributed by atoms with van der Waals surface area (Å²) >= 11 is 0. The molecule has 25 heavy (non-hydrogen) atoms. The lowest BCUT2D eigenvalue weighted by Gasteiger charge is -2.23. The summed E-state index contributed by atoms with van der Waals surface area (Å²) in [6.45, 7) is 5.17. The predicted octanol–water partition coefficient (Wildman–Crippen LogP) is 1.48. The molecule has 0 unspecified atom stereocenters. The molecule has 2 heterocycles. The van der Waals surface area contributed by atoms with Crippen LogP contribution in [0.1, 0.15) is 18.1 Å². The fourth-order valence-corrected chi connectivity index (χ4v) is 2.52. The summed E-state index contributed by atoms with van der Waals surface area (Å²) in [5.74, 6) is -3.54. The molecule has 8 nitrogen and oxygen atoms in total. The van der Waals surface area contributed by atoms with Crippen molar-refractivity contribution in [2.24, 2.45) is 11.8 Å². The predicted molar refractivity (Wildman–Crippen MR) is 86.5 cm³/mol. The van der Waals surface area contributed by atoms with Crippen LogP contribution in [-0.2, 0) is 19.1 Å². The van der Waals surface area contributed by atoms with Crippen LogP contribution < -0.4 is 0 Å². The van der Waals surface area contributed by atoms with Crippen molar-refractivity contribution in [1.82, 2.24) is 9.47 Å². The van der Waals surface area contributed by atoms with Gasteiger partial charge in [-0.15, -0.1) is 0 Å². The molecule has 0 spiro atoms. The van der Waals surface area contributed by atoms with Gasteiger partial charge in [-0.1, -0.05) is 19.6 Å². The molecule has 1 aliphatic heterocycles. The maximum Gasteiger partial charge on any atom is 0.416 e. The Kier molecular flexibility index (Phi) is 6.10. The lowest BCUT2D eigenvalue weighted by Crippen LogP contribution is -2.41. The van der Waals surface area contributed by atoms with Crippen LogP contribution in [0, 0.1) is 11.8 Å². The van der Waals surface area contributed by atoms with Gasteiger partial charge in [0.05, 0.1) is 12.5 Å². The van der Waals surface area contributed by atoms with Crippen molar-refractivity contribution in [3.8, 4) is 0 Å². The number of carbonyl (C=O) groups is 4. The van der Waals surface area contributed by atoms with Crippen LogP contribution in [-0.4, -0.2) is 53.1 Å². The first-order valence-electron chi connectivity index (χ1n) is 7.87. The van der Waals surface area contributed by atoms with E-state index in [4.69, 9.17) is 9.47 Å². The van der Waals surface area contributed by atoms with Gasteiger partial charge in [0.2, 0.25) is 11.8 Å². The summed E-state index contributed by atoms with van der Waals surface area (Å²) in [5.41, 5.74) is 0. The molecular formula is C17H20N2O6. The van der Waals surface area contributed by atoms with Crippen LogP contribution >= 0.6 is 0 Å². The van der Waals surface area contributed by atoms with Crippen molar-refractivity contribution in [3.63, 3.8) is 0 Å². The van der Waals surface area contributed by atoms with Gasteiger partial charge < -0.3 is 9.47 Å². The molecule has 1 aromatic heterocycles. The highest BCUT2D eigenvalue weighted by molar-refractivity contribution is 5.97. The van der Waals surface area contributed by atoms with Crippen LogP contribution in [0.4, 0.5) is 4.79 Å². The van der Waals surface area contributed by atoms with Crippen LogP contribution in [0.15, 0.2) is 37.2 Å². The Morgan fingerprint density at radius 3 is 2.60 bits per heavy atom. The van der Waals surface area contributed by atoms with Gasteiger partial charge in [-0.05, 0) is 12.1 Å². The summed E-state index contributed by atoms with van der Waals surface area (Å²) in [6, 6.07) is 3.36. The van der Waals surface area contributed by atoms with Crippen LogP contribution in [0.5, 0.6) is 0 Å². The average Bonchev–Trinajstić information content (AvgIpc) is 3.27. The third-order valence-corrected chi connectivity index (χ3v) is 3.95. The van der Waals surface area contributed by atoms with Gasteiger partial charge in [0, 0.05) is 24.7 Å². The van der Waals surface area contributed by atoms with E-state index in [1.165, 1.54) is 17.6 Å². The maximum absolute atomic E-state index is 12.5. The number of cyclic esters (lactones) is 1. The molecule has 0 N–H and O–H groups in total. The van der Waals surface area contributed by atoms with E-state index >= 15 is 0 Å². The highest BCUT2D eigenvalue weighted by Gasteiger charge is 2.39. The van der Waals surface area contributed by atoms with Gasteiger partial charge in [0.25, 0.3) is 0 Å². The fourth-order valence-electron chi connectivity index (χ4n) is 2.52. The molecule has 2 amide bonds. The molecule has 1 aliphatic rings. The normalized spacial score (nSPS) is 16.0. The first kappa shape index (κ1) is 18.4. The van der Waals surface area contributed by atoms with E-state index in [1.807, 2.05) is 0 Å². The number of rotatable bonds is 7. The number of hydrogen-bond donors (Lipinski definition) is 0. The van der Waals surface area contributed by atoms with Crippen molar-refractivity contribution in [2.75, 3.05) is 19.8 Å². The van der Waals surface area contributed by atoms with Crippen LogP contribution in [0.25, 0.3) is 0 Å². The summed E-state index contributed by atoms with van der Waals surface area (Å²) < 4.78 is 11.1. The highest BCUT2D eigenvalue weighted by atomic mass is 16.6. The Labute approximate surface area is 145 Å². The molecule has 134 valence electrons. The summed E-state index contributed by atoms with van der Waals surface area (Å²) in [7, 11) is 0. The van der Waals surface area contributed by atoms with E-state index < -0.39 is 29.8 Å². The van der Waals surface area contributed by atoms with E-state index in [0.717, 1.165) is 4.90 Å². The quantitative estimate of drug-likeness (QED) is 0.547. The van der Waals surface area contributed by atoms with E-state index in [9.17, 15) is 19.2 Å². The SMILES string of the molecule is C=CCOC(=O)[C@@H](CC(=O)n1cccc1)[C@H](C)C(=O)N1CCOC1=O. The number of aromatic nitrogens is 1. The van der Waals surface area contributed by atoms with E-state index in [0.29, 0.717) is 0 Å². The number of nitrogens with zero attached hydrogens (tertiary/aromatic N) is 2. The average molecular weight is 348 g/mol. The van der Waals surface area contributed by atoms with Gasteiger partial charge >= 0.3 is 12.1 Å². The Balaban J connectivity index is 2.15. The second kappa shape index (κ2) is 8.27. The van der Waals surface area contributed by atoms with Crippen molar-refractivity contribution in [3.05, 3.63) is 37.2 Å². The van der Waals surface area contributed by atoms with Crippen molar-refractivity contribution in [2.45, 2.75) is 13.3 Å². The number of ether oxygens (including phenoxy) is 2. The summed E-state index contributed by atoms with van der Waals surface area (Å²) in [6.07, 6.45) is 3.54. The third kappa shape index (κ3) is 4.34. The molecule has 2 rings (SSSR count). The highest BCUT2D eigenvalue weighted by Crippen LogP contribution is 2.23. The number of amides is 2. The first-order chi connectivity index (χ1) is 12.0. The summed E-state index contributed by atoms with van der Waals surface area (Å²) in [5, 5.41) is 0. The molecule has 1 aromatic rings. The Morgan fingerprint density at radius 1 is 1.36 bits per heavy atom. The third-order valence-electron chi connectivity index (χ3n) is 3.95. The van der Waals surface area contributed by atoms with E-state index in [-0.39, 0.29) is 32.1 Å². The van der Waals surface area contributed by atoms with Gasteiger partial charge in [-0.3, -0.25) is 19.0 Å². The monoisotopic (exact) mass is 348 g/mol. The molecule has 0 saturated carbocycles. The van der Waals surface area contributed by atoms with Gasteiger partial charge in [-0.25, -0.2) is 9.69 Å². The van der Waals surface area contributed by atoms with Gasteiger partial charge in [-0.2, -0.15) is 0 Å². The zero-order valence-corrected chi connectivity index (χ0v) is 13.9. The molecule has 0 aromatic carbocycles. The van der Waals surface area contributed by atoms with Crippen LogP contribution in [0.2, 0.25) is 0 Å². The maximum atomic E-state index is 12.5. The van der Waals surface area contributed by atoms with E-state index in [1.54, 1.807) is 24.5 Å². The van der Waals surface area contributed by atoms with Crippen molar-refractivity contribution in [1.29, 1.82) is 0 Å². The lowest BCUT2D eigenvalue weighted by molar-refractivity contribution is -0.153. The van der Waals surface area contributed by atoms with Gasteiger partial charge in [0.15, 0.2) is 0 Å². The molecule has 0 radical (unpaired) electrons. The van der Waals surface area contributed by atoms with Crippen molar-refractivity contribution >= 4 is 23.9 Å². The molecular weight excluding hydrogens is 328 g/mol. The topological polar surface area (TPSA) is 94.9 Å². The minimum absolute atomic E-state index is 0.0281. The molecule has 0 aliphatic carbocycles. The minimum atomic E-state index is -1.02. The van der Waals surface area contributed by atoms with Crippen molar-refractivity contribution < 1.29 is 28.7 Å². The number of esters is 1. The smallest absolute Gasteiger partial charge is 0.416 e. The second-order valence-corrected chi connectivity index (χ2v) is 5.61. The second-order valence-electron chi connectivity index (χ2n) is 5.61. The first-order valence-corrected chi connectivity index (χ1v) is 7.87. The molecule has 0 bridgehead atoms. The van der Waals surface area contributed by atoms with Crippen LogP contribution in [0.3, 0.4) is 0 Å². The number of imide groups is 1. The molecule has 1 saturated heterocycles. The number of carbonyl (C=O) groups excluding carboxylic acids is 4.